The predicted octanol–water partition coefficient (Wildman–Crippen LogP) is 2.80. The number of hydrogen-bond donors (Lipinski definition) is 1. The molecule has 8 heteroatoms. The number of benzene rings is 1. The first-order valence-electron chi connectivity index (χ1n) is 8.91. The third-order valence-electron chi connectivity index (χ3n) is 4.83. The summed E-state index contributed by atoms with van der Waals surface area (Å²) in [6.07, 6.45) is 4.72. The normalized spacial score (nSPS) is 15.1. The van der Waals surface area contributed by atoms with Gasteiger partial charge in [0.05, 0.1) is 11.8 Å². The fourth-order valence-electron chi connectivity index (χ4n) is 3.30. The summed E-state index contributed by atoms with van der Waals surface area (Å²) in [6.45, 7) is 3.81. The van der Waals surface area contributed by atoms with Crippen molar-refractivity contribution in [1.82, 2.24) is 20.3 Å². The van der Waals surface area contributed by atoms with Crippen molar-refractivity contribution in [2.75, 3.05) is 25.1 Å². The zero-order valence-corrected chi connectivity index (χ0v) is 16.1. The molecular formula is C19H21N5O2S. The van der Waals surface area contributed by atoms with Crippen molar-refractivity contribution in [2.45, 2.75) is 25.8 Å². The van der Waals surface area contributed by atoms with Crippen LogP contribution in [0.5, 0.6) is 5.75 Å². The molecule has 4 rings (SSSR count). The van der Waals surface area contributed by atoms with E-state index < -0.39 is 0 Å². The van der Waals surface area contributed by atoms with Crippen LogP contribution in [0.1, 0.15) is 28.9 Å². The number of thiazole rings is 1. The summed E-state index contributed by atoms with van der Waals surface area (Å²) in [5.74, 6) is 0.668. The molecule has 1 aliphatic rings. The van der Waals surface area contributed by atoms with Gasteiger partial charge in [-0.15, -0.1) is 0 Å². The van der Waals surface area contributed by atoms with Gasteiger partial charge < -0.3 is 15.0 Å². The first-order chi connectivity index (χ1) is 13.2. The number of nitrogens with one attached hydrogen (secondary N) is 1. The Morgan fingerprint density at radius 2 is 2.11 bits per heavy atom. The van der Waals surface area contributed by atoms with Crippen LogP contribution in [0, 0.1) is 6.92 Å². The molecule has 1 fully saturated rings. The molecule has 0 bridgehead atoms. The van der Waals surface area contributed by atoms with Crippen molar-refractivity contribution in [3.63, 3.8) is 0 Å². The van der Waals surface area contributed by atoms with Gasteiger partial charge >= 0.3 is 0 Å². The van der Waals surface area contributed by atoms with Gasteiger partial charge in [-0.1, -0.05) is 17.4 Å². The van der Waals surface area contributed by atoms with Crippen LogP contribution in [-0.2, 0) is 0 Å². The third-order valence-corrected chi connectivity index (χ3v) is 6.08. The first-order valence-corrected chi connectivity index (χ1v) is 9.73. The molecule has 1 saturated heterocycles. The molecule has 3 aromatic rings. The highest BCUT2D eigenvalue weighted by Gasteiger charge is 2.24. The van der Waals surface area contributed by atoms with E-state index in [1.807, 2.05) is 6.07 Å². The molecule has 0 radical (unpaired) electrons. The van der Waals surface area contributed by atoms with Gasteiger partial charge in [0.15, 0.2) is 5.13 Å². The molecule has 1 aromatic carbocycles. The van der Waals surface area contributed by atoms with Gasteiger partial charge in [-0.2, -0.15) is 0 Å². The molecule has 3 heterocycles. The van der Waals surface area contributed by atoms with Crippen molar-refractivity contribution in [2.24, 2.45) is 0 Å². The Hall–Kier alpha value is -2.74. The van der Waals surface area contributed by atoms with Crippen LogP contribution in [-0.4, -0.2) is 47.1 Å². The average molecular weight is 383 g/mol. The maximum absolute atomic E-state index is 12.3. The minimum Gasteiger partial charge on any atom is -0.494 e. The van der Waals surface area contributed by atoms with Crippen LogP contribution in [0.3, 0.4) is 0 Å². The highest BCUT2D eigenvalue weighted by molar-refractivity contribution is 7.22. The van der Waals surface area contributed by atoms with E-state index >= 15 is 0 Å². The molecular weight excluding hydrogens is 362 g/mol. The van der Waals surface area contributed by atoms with Gasteiger partial charge in [0.2, 0.25) is 0 Å². The van der Waals surface area contributed by atoms with Crippen molar-refractivity contribution < 1.29 is 9.53 Å². The molecule has 2 aromatic heterocycles. The number of piperidine rings is 1. The van der Waals surface area contributed by atoms with Crippen molar-refractivity contribution in [3.8, 4) is 5.75 Å². The number of methoxy groups -OCH3 is 1. The van der Waals surface area contributed by atoms with E-state index in [4.69, 9.17) is 9.72 Å². The van der Waals surface area contributed by atoms with Crippen molar-refractivity contribution >= 4 is 32.6 Å². The Balaban J connectivity index is 1.43. The van der Waals surface area contributed by atoms with Gasteiger partial charge in [0.25, 0.3) is 5.91 Å². The molecule has 0 unspecified atom stereocenters. The Bertz CT molecular complexity index is 951. The van der Waals surface area contributed by atoms with Crippen LogP contribution in [0.4, 0.5) is 5.13 Å². The summed E-state index contributed by atoms with van der Waals surface area (Å²) < 4.78 is 6.62. The second-order valence-corrected chi connectivity index (χ2v) is 7.57. The zero-order chi connectivity index (χ0) is 18.8. The van der Waals surface area contributed by atoms with E-state index in [1.54, 1.807) is 30.7 Å². The summed E-state index contributed by atoms with van der Waals surface area (Å²) in [5.41, 5.74) is 2.54. The van der Waals surface area contributed by atoms with E-state index in [0.717, 1.165) is 42.3 Å². The van der Waals surface area contributed by atoms with Gasteiger partial charge in [-0.25, -0.2) is 15.0 Å². The van der Waals surface area contributed by atoms with Gasteiger partial charge in [0, 0.05) is 25.3 Å². The molecule has 0 atom stereocenters. The molecule has 0 saturated carbocycles. The maximum atomic E-state index is 12.3. The van der Waals surface area contributed by atoms with Gasteiger partial charge in [-0.3, -0.25) is 4.79 Å². The largest absolute Gasteiger partial charge is 0.494 e. The summed E-state index contributed by atoms with van der Waals surface area (Å²) in [5, 5.41) is 4.08. The van der Waals surface area contributed by atoms with Crippen LogP contribution in [0.2, 0.25) is 0 Å². The predicted molar refractivity (Wildman–Crippen MR) is 106 cm³/mol. The number of anilines is 1. The van der Waals surface area contributed by atoms with E-state index in [0.29, 0.717) is 5.69 Å². The maximum Gasteiger partial charge on any atom is 0.270 e. The summed E-state index contributed by atoms with van der Waals surface area (Å²) in [7, 11) is 1.68. The summed E-state index contributed by atoms with van der Waals surface area (Å²) in [4.78, 5) is 27.2. The first kappa shape index (κ1) is 17.7. The molecule has 7 nitrogen and oxygen atoms in total. The van der Waals surface area contributed by atoms with E-state index in [1.165, 1.54) is 16.6 Å². The fraction of sp³-hybridized carbons (Fsp3) is 0.368. The lowest BCUT2D eigenvalue weighted by molar-refractivity contribution is 0.0926. The van der Waals surface area contributed by atoms with Gasteiger partial charge in [0.1, 0.15) is 23.3 Å². The quantitative estimate of drug-likeness (QED) is 0.746. The number of aryl methyl sites for hydroxylation is 1. The number of rotatable bonds is 4. The Morgan fingerprint density at radius 1 is 1.30 bits per heavy atom. The lowest BCUT2D eigenvalue weighted by atomic mass is 10.1. The Kier molecular flexibility index (Phi) is 4.89. The average Bonchev–Trinajstić information content (AvgIpc) is 3.16. The molecule has 1 N–H and O–H groups in total. The highest BCUT2D eigenvalue weighted by atomic mass is 32.1. The van der Waals surface area contributed by atoms with E-state index in [9.17, 15) is 4.79 Å². The lowest BCUT2D eigenvalue weighted by Gasteiger charge is -2.32. The summed E-state index contributed by atoms with van der Waals surface area (Å²) >= 11 is 1.70. The number of amides is 1. The standard InChI is InChI=1S/C19H21N5O2S/c1-12-3-4-15(26-2)16-17(12)27-19(23-16)24-9-6-13(7-10-24)22-18(25)14-5-8-20-11-21-14/h3-5,8,11,13H,6-7,9-10H2,1-2H3,(H,22,25). The minimum atomic E-state index is -0.142. The molecule has 0 spiro atoms. The van der Waals surface area contributed by atoms with Crippen LogP contribution in [0.15, 0.2) is 30.7 Å². The minimum absolute atomic E-state index is 0.142. The molecule has 27 heavy (non-hydrogen) atoms. The molecule has 140 valence electrons. The number of carbonyl (C=O) groups is 1. The van der Waals surface area contributed by atoms with Gasteiger partial charge in [-0.05, 0) is 37.5 Å². The number of nitrogens with zero attached hydrogens (tertiary/aromatic N) is 4. The van der Waals surface area contributed by atoms with Crippen molar-refractivity contribution in [1.29, 1.82) is 0 Å². The molecule has 1 amide bonds. The number of aromatic nitrogens is 3. The number of carbonyl (C=O) groups excluding carboxylic acids is 1. The number of fused-ring (bicyclic) bond motifs is 1. The molecule has 0 aliphatic carbocycles. The number of hydrogen-bond acceptors (Lipinski definition) is 7. The summed E-state index contributed by atoms with van der Waals surface area (Å²) in [6, 6.07) is 5.81. The van der Waals surface area contributed by atoms with Crippen LogP contribution >= 0.6 is 11.3 Å². The Labute approximate surface area is 161 Å². The van der Waals surface area contributed by atoms with Crippen molar-refractivity contribution in [3.05, 3.63) is 42.0 Å². The van der Waals surface area contributed by atoms with Crippen LogP contribution in [0.25, 0.3) is 10.2 Å². The monoisotopic (exact) mass is 383 g/mol. The number of ether oxygens (including phenoxy) is 1. The smallest absolute Gasteiger partial charge is 0.270 e. The van der Waals surface area contributed by atoms with E-state index in [-0.39, 0.29) is 11.9 Å². The lowest BCUT2D eigenvalue weighted by Crippen LogP contribution is -2.44. The van der Waals surface area contributed by atoms with E-state index in [2.05, 4.69) is 33.2 Å². The second-order valence-electron chi connectivity index (χ2n) is 6.59. The third kappa shape index (κ3) is 3.57. The van der Waals surface area contributed by atoms with Crippen LogP contribution < -0.4 is 15.0 Å². The highest BCUT2D eigenvalue weighted by Crippen LogP contribution is 2.37. The molecule has 1 aliphatic heterocycles. The SMILES string of the molecule is COc1ccc(C)c2sc(N3CCC(NC(=O)c4ccncn4)CC3)nc12. The fourth-order valence-corrected chi connectivity index (χ4v) is 4.40. The second kappa shape index (κ2) is 7.48. The zero-order valence-electron chi connectivity index (χ0n) is 15.3. The Morgan fingerprint density at radius 3 is 2.81 bits per heavy atom. The topological polar surface area (TPSA) is 80.2 Å².